The molecule has 2 rings (SSSR count). The van der Waals surface area contributed by atoms with Crippen molar-refractivity contribution in [2.24, 2.45) is 5.41 Å². The van der Waals surface area contributed by atoms with Gasteiger partial charge in [0, 0.05) is 4.37 Å². The second-order valence-electron chi connectivity index (χ2n) is 9.43. The predicted molar refractivity (Wildman–Crippen MR) is 114 cm³/mol. The van der Waals surface area contributed by atoms with Crippen LogP contribution < -0.4 is 0 Å². The van der Waals surface area contributed by atoms with Crippen molar-refractivity contribution in [1.82, 2.24) is 0 Å². The number of rotatable bonds is 4. The highest BCUT2D eigenvalue weighted by Crippen LogP contribution is 2.56. The highest BCUT2D eigenvalue weighted by Gasteiger charge is 2.55. The zero-order valence-corrected chi connectivity index (χ0v) is 19.1. The van der Waals surface area contributed by atoms with Crippen molar-refractivity contribution in [1.29, 1.82) is 0 Å². The van der Waals surface area contributed by atoms with Gasteiger partial charge in [-0.05, 0) is 18.3 Å². The fourth-order valence-electron chi connectivity index (χ4n) is 3.99. The highest BCUT2D eigenvalue weighted by atomic mass is 32.4. The van der Waals surface area contributed by atoms with Gasteiger partial charge in [0.2, 0.25) is 0 Å². The first-order valence-electron chi connectivity index (χ1n) is 8.85. The van der Waals surface area contributed by atoms with E-state index < -0.39 is 15.3 Å². The molecule has 0 saturated carbocycles. The van der Waals surface area contributed by atoms with Crippen molar-refractivity contribution >= 4 is 26.5 Å². The van der Waals surface area contributed by atoms with Crippen LogP contribution in [0.5, 0.6) is 0 Å². The van der Waals surface area contributed by atoms with Crippen LogP contribution in [0, 0.1) is 5.41 Å². The van der Waals surface area contributed by atoms with Crippen molar-refractivity contribution in [3.8, 4) is 0 Å². The largest absolute Gasteiger partial charge is 0.177 e. The smallest absolute Gasteiger partial charge is 0.109 e. The summed E-state index contributed by atoms with van der Waals surface area (Å²) in [6.45, 7) is 20.0. The van der Waals surface area contributed by atoms with Crippen LogP contribution in [0.3, 0.4) is 0 Å². The summed E-state index contributed by atoms with van der Waals surface area (Å²) in [5, 5.41) is 1.66. The van der Waals surface area contributed by atoms with Gasteiger partial charge in [0.1, 0.15) is 15.3 Å². The predicted octanol–water partition coefficient (Wildman–Crippen LogP) is 6.90. The summed E-state index contributed by atoms with van der Waals surface area (Å²) in [6, 6.07) is 0. The van der Waals surface area contributed by atoms with E-state index in [1.807, 2.05) is 0 Å². The monoisotopic (exact) mass is 362 g/mol. The molecular weight excluding hydrogens is 328 g/mol. The first-order chi connectivity index (χ1) is 10.4. The molecule has 0 fully saturated rings. The minimum atomic E-state index is -1.65. The SMILES string of the molecule is CC(C)(C)C1=CC=CCC1(S[Si](C)(C)C)[Si](C)(C)C1=CCC=C1. The van der Waals surface area contributed by atoms with Gasteiger partial charge in [0.15, 0.2) is 0 Å². The van der Waals surface area contributed by atoms with Crippen molar-refractivity contribution in [2.45, 2.75) is 70.7 Å². The highest BCUT2D eigenvalue weighted by molar-refractivity contribution is 8.30. The van der Waals surface area contributed by atoms with Gasteiger partial charge < -0.3 is 0 Å². The Morgan fingerprint density at radius 1 is 1.04 bits per heavy atom. The molecule has 0 heterocycles. The van der Waals surface area contributed by atoms with Crippen molar-refractivity contribution in [3.63, 3.8) is 0 Å². The molecule has 0 aromatic carbocycles. The first-order valence-corrected chi connectivity index (χ1v) is 16.9. The molecule has 128 valence electrons. The molecule has 0 saturated heterocycles. The van der Waals surface area contributed by atoms with Gasteiger partial charge in [-0.15, -0.1) is 0 Å². The molecule has 0 N–H and O–H groups in total. The molecule has 2 aliphatic rings. The van der Waals surface area contributed by atoms with E-state index in [2.05, 4.69) is 101 Å². The lowest BCUT2D eigenvalue weighted by molar-refractivity contribution is 0.471. The summed E-state index contributed by atoms with van der Waals surface area (Å²) in [7, 11) is -2.92. The minimum absolute atomic E-state index is 0.227. The average Bonchev–Trinajstić information content (AvgIpc) is 2.90. The van der Waals surface area contributed by atoms with E-state index >= 15 is 0 Å². The van der Waals surface area contributed by atoms with Crippen LogP contribution in [0.25, 0.3) is 0 Å². The maximum Gasteiger partial charge on any atom is 0.109 e. The van der Waals surface area contributed by atoms with E-state index in [1.165, 1.54) is 6.42 Å². The molecular formula is C20H34SSi2. The summed E-state index contributed by atoms with van der Waals surface area (Å²) in [5.41, 5.74) is 1.91. The zero-order chi connectivity index (χ0) is 17.5. The molecule has 0 spiro atoms. The van der Waals surface area contributed by atoms with Crippen LogP contribution in [0.2, 0.25) is 32.7 Å². The van der Waals surface area contributed by atoms with Crippen LogP contribution in [0.4, 0.5) is 0 Å². The quantitative estimate of drug-likeness (QED) is 0.490. The Bertz CT molecular complexity index is 580. The Kier molecular flexibility index (Phi) is 5.17. The second-order valence-corrected chi connectivity index (χ2v) is 23.9. The van der Waals surface area contributed by atoms with Gasteiger partial charge in [-0.3, -0.25) is 0 Å². The van der Waals surface area contributed by atoms with Gasteiger partial charge in [-0.1, -0.05) is 101 Å². The van der Waals surface area contributed by atoms with E-state index in [4.69, 9.17) is 0 Å². The summed E-state index contributed by atoms with van der Waals surface area (Å²) < 4.78 is 0.297. The Morgan fingerprint density at radius 3 is 2.17 bits per heavy atom. The summed E-state index contributed by atoms with van der Waals surface area (Å²) >= 11 is 2.36. The van der Waals surface area contributed by atoms with Crippen LogP contribution >= 0.6 is 11.2 Å². The second kappa shape index (κ2) is 6.23. The molecule has 0 radical (unpaired) electrons. The molecule has 0 nitrogen and oxygen atoms in total. The topological polar surface area (TPSA) is 0 Å². The van der Waals surface area contributed by atoms with Crippen LogP contribution in [0.1, 0.15) is 33.6 Å². The van der Waals surface area contributed by atoms with Crippen LogP contribution in [-0.2, 0) is 0 Å². The lowest BCUT2D eigenvalue weighted by Gasteiger charge is -2.54. The average molecular weight is 363 g/mol. The molecule has 0 amide bonds. The van der Waals surface area contributed by atoms with Crippen molar-refractivity contribution in [2.75, 3.05) is 0 Å². The number of hydrogen-bond donors (Lipinski definition) is 0. The summed E-state index contributed by atoms with van der Waals surface area (Å²) in [4.78, 5) is 0. The van der Waals surface area contributed by atoms with Gasteiger partial charge in [-0.25, -0.2) is 0 Å². The fraction of sp³-hybridized carbons (Fsp3) is 0.600. The van der Waals surface area contributed by atoms with E-state index in [0.717, 1.165) is 6.42 Å². The van der Waals surface area contributed by atoms with Crippen LogP contribution in [-0.4, -0.2) is 19.7 Å². The van der Waals surface area contributed by atoms with E-state index in [-0.39, 0.29) is 5.41 Å². The molecule has 1 unspecified atom stereocenters. The summed E-state index contributed by atoms with van der Waals surface area (Å²) in [6.07, 6.45) is 16.8. The third kappa shape index (κ3) is 3.72. The zero-order valence-electron chi connectivity index (χ0n) is 16.3. The van der Waals surface area contributed by atoms with Crippen LogP contribution in [0.15, 0.2) is 47.2 Å². The maximum atomic E-state index is 2.61. The van der Waals surface area contributed by atoms with E-state index in [9.17, 15) is 0 Å². The Morgan fingerprint density at radius 2 is 1.70 bits per heavy atom. The Labute approximate surface area is 149 Å². The maximum absolute atomic E-state index is 2.61. The third-order valence-electron chi connectivity index (χ3n) is 5.03. The molecule has 0 aromatic rings. The third-order valence-corrected chi connectivity index (χ3v) is 16.0. The minimum Gasteiger partial charge on any atom is -0.177 e. The molecule has 1 atom stereocenters. The molecule has 0 aliphatic heterocycles. The lowest BCUT2D eigenvalue weighted by atomic mass is 9.81. The van der Waals surface area contributed by atoms with E-state index in [0.29, 0.717) is 4.37 Å². The van der Waals surface area contributed by atoms with Crippen molar-refractivity contribution < 1.29 is 0 Å². The van der Waals surface area contributed by atoms with Crippen molar-refractivity contribution in [3.05, 3.63) is 47.2 Å². The Hall–Kier alpha value is -0.256. The standard InChI is InChI=1S/C20H34SSi2/c1-19(2,3)18-15-11-12-16-20(18,21-22(4,5)6)23(7,8)17-13-9-10-14-17/h9,11-15H,10,16H2,1-8H3. The number of hydrogen-bond acceptors (Lipinski definition) is 1. The first kappa shape index (κ1) is 19.1. The normalized spacial score (nSPS) is 25.6. The van der Waals surface area contributed by atoms with E-state index in [1.54, 1.807) is 10.8 Å². The molecule has 3 heteroatoms. The van der Waals surface area contributed by atoms with Gasteiger partial charge in [0.25, 0.3) is 0 Å². The molecule has 0 bridgehead atoms. The van der Waals surface area contributed by atoms with Gasteiger partial charge >= 0.3 is 0 Å². The molecule has 2 aliphatic carbocycles. The fourth-order valence-corrected chi connectivity index (χ4v) is 19.2. The molecule has 23 heavy (non-hydrogen) atoms. The van der Waals surface area contributed by atoms with Gasteiger partial charge in [-0.2, -0.15) is 11.2 Å². The van der Waals surface area contributed by atoms with Gasteiger partial charge in [0.05, 0.1) is 0 Å². The summed E-state index contributed by atoms with van der Waals surface area (Å²) in [5.74, 6) is 0. The number of allylic oxidation sites excluding steroid dienone is 7. The molecule has 0 aromatic heterocycles. The lowest BCUT2D eigenvalue weighted by Crippen LogP contribution is -2.58. The Balaban J connectivity index is 2.64.